The maximum Gasteiger partial charge on any atom is 0.307 e. The second kappa shape index (κ2) is 5.73. The van der Waals surface area contributed by atoms with Crippen molar-refractivity contribution in [3.05, 3.63) is 0 Å². The molecule has 1 fully saturated rings. The highest BCUT2D eigenvalue weighted by molar-refractivity contribution is 5.84. The molecule has 0 heterocycles. The average Bonchev–Trinajstić information content (AvgIpc) is 2.25. The van der Waals surface area contributed by atoms with Crippen LogP contribution in [0.25, 0.3) is 0 Å². The number of rotatable bonds is 4. The van der Waals surface area contributed by atoms with E-state index in [2.05, 4.69) is 5.32 Å². The monoisotopic (exact) mass is 213 g/mol. The molecule has 1 rings (SSSR count). The van der Waals surface area contributed by atoms with Gasteiger partial charge in [0.05, 0.1) is 11.8 Å². The Balaban J connectivity index is 2.55. The third-order valence-electron chi connectivity index (χ3n) is 2.97. The molecule has 2 atom stereocenters. The molecule has 2 N–H and O–H groups in total. The number of carbonyl (C=O) groups excluding carboxylic acids is 1. The van der Waals surface area contributed by atoms with Crippen LogP contribution in [0.2, 0.25) is 0 Å². The van der Waals surface area contributed by atoms with Crippen LogP contribution in [0.4, 0.5) is 0 Å². The zero-order valence-corrected chi connectivity index (χ0v) is 9.16. The first-order chi connectivity index (χ1) is 7.16. The smallest absolute Gasteiger partial charge is 0.307 e. The van der Waals surface area contributed by atoms with Crippen molar-refractivity contribution in [1.29, 1.82) is 0 Å². The van der Waals surface area contributed by atoms with E-state index < -0.39 is 11.9 Å². The number of nitrogens with one attached hydrogen (secondary N) is 1. The van der Waals surface area contributed by atoms with Crippen LogP contribution in [0.3, 0.4) is 0 Å². The molecule has 15 heavy (non-hydrogen) atoms. The third-order valence-corrected chi connectivity index (χ3v) is 2.97. The Bertz CT molecular complexity index is 240. The lowest BCUT2D eigenvalue weighted by Crippen LogP contribution is -2.39. The van der Waals surface area contributed by atoms with Gasteiger partial charge in [0, 0.05) is 6.54 Å². The normalized spacial score (nSPS) is 25.9. The fourth-order valence-electron chi connectivity index (χ4n) is 2.12. The second-order valence-corrected chi connectivity index (χ2v) is 4.13. The molecule has 0 saturated heterocycles. The van der Waals surface area contributed by atoms with Crippen molar-refractivity contribution in [2.75, 3.05) is 6.54 Å². The molecular formula is C11H19NO3. The van der Waals surface area contributed by atoms with Crippen LogP contribution in [0.15, 0.2) is 0 Å². The van der Waals surface area contributed by atoms with Gasteiger partial charge in [-0.15, -0.1) is 0 Å². The number of hydrogen-bond donors (Lipinski definition) is 2. The van der Waals surface area contributed by atoms with Crippen molar-refractivity contribution < 1.29 is 14.7 Å². The minimum Gasteiger partial charge on any atom is -0.481 e. The number of amides is 1. The van der Waals surface area contributed by atoms with E-state index in [1.807, 2.05) is 6.92 Å². The molecule has 1 aliphatic carbocycles. The number of carbonyl (C=O) groups is 2. The molecule has 1 saturated carbocycles. The zero-order valence-electron chi connectivity index (χ0n) is 9.16. The summed E-state index contributed by atoms with van der Waals surface area (Å²) in [6.45, 7) is 2.62. The maximum absolute atomic E-state index is 11.7. The lowest BCUT2D eigenvalue weighted by Gasteiger charge is -2.27. The van der Waals surface area contributed by atoms with Gasteiger partial charge in [-0.3, -0.25) is 9.59 Å². The second-order valence-electron chi connectivity index (χ2n) is 4.13. The summed E-state index contributed by atoms with van der Waals surface area (Å²) in [4.78, 5) is 22.7. The predicted octanol–water partition coefficient (Wildman–Crippen LogP) is 1.40. The van der Waals surface area contributed by atoms with E-state index in [-0.39, 0.29) is 11.8 Å². The molecule has 0 radical (unpaired) electrons. The van der Waals surface area contributed by atoms with E-state index in [4.69, 9.17) is 5.11 Å². The van der Waals surface area contributed by atoms with Crippen LogP contribution in [0.5, 0.6) is 0 Å². The van der Waals surface area contributed by atoms with Gasteiger partial charge in [0.15, 0.2) is 0 Å². The summed E-state index contributed by atoms with van der Waals surface area (Å²) in [6.07, 6.45) is 4.13. The zero-order chi connectivity index (χ0) is 11.3. The molecule has 0 aromatic carbocycles. The van der Waals surface area contributed by atoms with E-state index in [0.717, 1.165) is 19.3 Å². The summed E-state index contributed by atoms with van der Waals surface area (Å²) in [5, 5.41) is 11.8. The van der Waals surface area contributed by atoms with Gasteiger partial charge >= 0.3 is 5.97 Å². The van der Waals surface area contributed by atoms with Crippen LogP contribution < -0.4 is 5.32 Å². The Morgan fingerprint density at radius 3 is 2.40 bits per heavy atom. The first-order valence-electron chi connectivity index (χ1n) is 5.67. The molecule has 4 nitrogen and oxygen atoms in total. The van der Waals surface area contributed by atoms with E-state index in [1.54, 1.807) is 0 Å². The molecule has 0 bridgehead atoms. The highest BCUT2D eigenvalue weighted by Crippen LogP contribution is 2.30. The average molecular weight is 213 g/mol. The molecule has 86 valence electrons. The van der Waals surface area contributed by atoms with Crippen molar-refractivity contribution in [3.8, 4) is 0 Å². The maximum atomic E-state index is 11.7. The summed E-state index contributed by atoms with van der Waals surface area (Å²) >= 11 is 0. The van der Waals surface area contributed by atoms with Crippen molar-refractivity contribution in [2.24, 2.45) is 11.8 Å². The molecule has 4 heteroatoms. The van der Waals surface area contributed by atoms with Crippen LogP contribution in [-0.4, -0.2) is 23.5 Å². The van der Waals surface area contributed by atoms with Gasteiger partial charge in [-0.05, 0) is 19.3 Å². The molecule has 0 aliphatic heterocycles. The lowest BCUT2D eigenvalue weighted by molar-refractivity contribution is -0.148. The highest BCUT2D eigenvalue weighted by atomic mass is 16.4. The molecule has 0 spiro atoms. The van der Waals surface area contributed by atoms with Gasteiger partial charge in [0.2, 0.25) is 5.91 Å². The summed E-state index contributed by atoms with van der Waals surface area (Å²) in [7, 11) is 0. The number of hydrogen-bond acceptors (Lipinski definition) is 2. The Morgan fingerprint density at radius 1 is 1.27 bits per heavy atom. The van der Waals surface area contributed by atoms with E-state index in [1.165, 1.54) is 0 Å². The van der Waals surface area contributed by atoms with Gasteiger partial charge in [0.1, 0.15) is 0 Å². The van der Waals surface area contributed by atoms with Gasteiger partial charge in [-0.2, -0.15) is 0 Å². The quantitative estimate of drug-likeness (QED) is 0.742. The van der Waals surface area contributed by atoms with Crippen molar-refractivity contribution in [1.82, 2.24) is 5.32 Å². The third kappa shape index (κ3) is 3.22. The Labute approximate surface area is 90.0 Å². The van der Waals surface area contributed by atoms with Gasteiger partial charge < -0.3 is 10.4 Å². The van der Waals surface area contributed by atoms with Crippen molar-refractivity contribution in [3.63, 3.8) is 0 Å². The minimum absolute atomic E-state index is 0.0797. The summed E-state index contributed by atoms with van der Waals surface area (Å²) < 4.78 is 0. The lowest BCUT2D eigenvalue weighted by atomic mass is 9.79. The van der Waals surface area contributed by atoms with Gasteiger partial charge in [-0.1, -0.05) is 19.8 Å². The summed E-state index contributed by atoms with van der Waals surface area (Å²) in [6, 6.07) is 0. The SMILES string of the molecule is CCCNC(=O)[C@H]1CCCC[C@@H]1C(=O)O. The largest absolute Gasteiger partial charge is 0.481 e. The number of carboxylic acid groups (broad SMARTS) is 1. The van der Waals surface area contributed by atoms with Crippen LogP contribution >= 0.6 is 0 Å². The molecule has 0 unspecified atom stereocenters. The van der Waals surface area contributed by atoms with Crippen LogP contribution in [0, 0.1) is 11.8 Å². The van der Waals surface area contributed by atoms with Crippen LogP contribution in [0.1, 0.15) is 39.0 Å². The van der Waals surface area contributed by atoms with E-state index >= 15 is 0 Å². The molecule has 0 aromatic rings. The minimum atomic E-state index is -0.827. The van der Waals surface area contributed by atoms with Crippen LogP contribution in [-0.2, 0) is 9.59 Å². The predicted molar refractivity (Wildman–Crippen MR) is 56.4 cm³/mol. The van der Waals surface area contributed by atoms with E-state index in [0.29, 0.717) is 19.4 Å². The Morgan fingerprint density at radius 2 is 1.87 bits per heavy atom. The highest BCUT2D eigenvalue weighted by Gasteiger charge is 2.35. The number of aliphatic carboxylic acids is 1. The fourth-order valence-corrected chi connectivity index (χ4v) is 2.12. The van der Waals surface area contributed by atoms with Gasteiger partial charge in [-0.25, -0.2) is 0 Å². The van der Waals surface area contributed by atoms with Gasteiger partial charge in [0.25, 0.3) is 0 Å². The molecule has 1 aliphatic rings. The molecule has 0 aromatic heterocycles. The molecular weight excluding hydrogens is 194 g/mol. The Hall–Kier alpha value is -1.06. The summed E-state index contributed by atoms with van der Waals surface area (Å²) in [5.41, 5.74) is 0. The van der Waals surface area contributed by atoms with Crippen molar-refractivity contribution >= 4 is 11.9 Å². The number of carboxylic acids is 1. The first-order valence-corrected chi connectivity index (χ1v) is 5.67. The molecule has 1 amide bonds. The van der Waals surface area contributed by atoms with Crippen molar-refractivity contribution in [2.45, 2.75) is 39.0 Å². The standard InChI is InChI=1S/C11H19NO3/c1-2-7-12-10(13)8-5-3-4-6-9(8)11(14)15/h8-9H,2-7H2,1H3,(H,12,13)(H,14,15)/t8-,9-/m0/s1. The Kier molecular flexibility index (Phi) is 4.59. The fraction of sp³-hybridized carbons (Fsp3) is 0.818. The summed E-state index contributed by atoms with van der Waals surface area (Å²) in [5.74, 6) is -1.70. The first kappa shape index (κ1) is 12.0. The van der Waals surface area contributed by atoms with E-state index in [9.17, 15) is 9.59 Å². The topological polar surface area (TPSA) is 66.4 Å².